The molecule has 2 heteroatoms. The third kappa shape index (κ3) is 2.64. The first-order valence-corrected chi connectivity index (χ1v) is 7.50. The van der Waals surface area contributed by atoms with Crippen LogP contribution in [0.1, 0.15) is 24.0 Å². The molecule has 2 nitrogen and oxygen atoms in total. The first kappa shape index (κ1) is 14.5. The van der Waals surface area contributed by atoms with Crippen molar-refractivity contribution in [1.29, 1.82) is 0 Å². The zero-order chi connectivity index (χ0) is 15.4. The average Bonchev–Trinajstić information content (AvgIpc) is 2.61. The van der Waals surface area contributed by atoms with Gasteiger partial charge < -0.3 is 9.47 Å². The maximum Gasteiger partial charge on any atom is 0.164 e. The molecule has 0 saturated carbocycles. The maximum atomic E-state index is 5.71. The Morgan fingerprint density at radius 2 is 0.955 bits per heavy atom. The zero-order valence-corrected chi connectivity index (χ0v) is 13.0. The van der Waals surface area contributed by atoms with Crippen molar-refractivity contribution >= 4 is 11.1 Å². The predicted octanol–water partition coefficient (Wildman–Crippen LogP) is 4.90. The van der Waals surface area contributed by atoms with Gasteiger partial charge in [-0.05, 0) is 24.0 Å². The maximum absolute atomic E-state index is 5.71. The van der Waals surface area contributed by atoms with Crippen LogP contribution in [0.15, 0.2) is 72.2 Å². The molecule has 0 heterocycles. The van der Waals surface area contributed by atoms with Gasteiger partial charge in [0, 0.05) is 11.1 Å². The first-order valence-electron chi connectivity index (χ1n) is 7.50. The van der Waals surface area contributed by atoms with Gasteiger partial charge in [-0.2, -0.15) is 0 Å². The van der Waals surface area contributed by atoms with E-state index in [2.05, 4.69) is 48.5 Å². The van der Waals surface area contributed by atoms with Gasteiger partial charge in [0.15, 0.2) is 11.5 Å². The lowest BCUT2D eigenvalue weighted by molar-refractivity contribution is 0.220. The molecule has 1 aliphatic rings. The molecule has 0 unspecified atom stereocenters. The van der Waals surface area contributed by atoms with Crippen LogP contribution in [-0.4, -0.2) is 14.2 Å². The van der Waals surface area contributed by atoms with Crippen LogP contribution in [0.2, 0.25) is 0 Å². The van der Waals surface area contributed by atoms with E-state index < -0.39 is 0 Å². The minimum atomic E-state index is 0.846. The summed E-state index contributed by atoms with van der Waals surface area (Å²) in [5, 5.41) is 0. The lowest BCUT2D eigenvalue weighted by atomic mass is 9.87. The molecule has 0 amide bonds. The molecule has 0 aliphatic heterocycles. The number of rotatable bonds is 4. The minimum Gasteiger partial charge on any atom is -0.493 e. The summed E-state index contributed by atoms with van der Waals surface area (Å²) in [5.74, 6) is 1.69. The van der Waals surface area contributed by atoms with Crippen LogP contribution < -0.4 is 0 Å². The van der Waals surface area contributed by atoms with Gasteiger partial charge in [-0.3, -0.25) is 0 Å². The lowest BCUT2D eigenvalue weighted by Gasteiger charge is -2.25. The summed E-state index contributed by atoms with van der Waals surface area (Å²) in [5.41, 5.74) is 4.81. The van der Waals surface area contributed by atoms with Crippen molar-refractivity contribution in [2.24, 2.45) is 0 Å². The molecule has 0 saturated heterocycles. The molecule has 112 valence electrons. The van der Waals surface area contributed by atoms with E-state index in [1.807, 2.05) is 12.1 Å². The molecule has 0 aromatic heterocycles. The molecular formula is C20H20O2. The fourth-order valence-corrected chi connectivity index (χ4v) is 3.01. The van der Waals surface area contributed by atoms with E-state index in [1.165, 1.54) is 22.3 Å². The molecular weight excluding hydrogens is 272 g/mol. The topological polar surface area (TPSA) is 18.5 Å². The van der Waals surface area contributed by atoms with Crippen molar-refractivity contribution in [2.45, 2.75) is 12.8 Å². The van der Waals surface area contributed by atoms with Gasteiger partial charge in [0.25, 0.3) is 0 Å². The fourth-order valence-electron chi connectivity index (χ4n) is 3.01. The average molecular weight is 292 g/mol. The van der Waals surface area contributed by atoms with Gasteiger partial charge in [-0.25, -0.2) is 0 Å². The summed E-state index contributed by atoms with van der Waals surface area (Å²) < 4.78 is 11.4. The molecule has 3 rings (SSSR count). The van der Waals surface area contributed by atoms with E-state index in [0.29, 0.717) is 0 Å². The van der Waals surface area contributed by atoms with Crippen molar-refractivity contribution in [1.82, 2.24) is 0 Å². The van der Waals surface area contributed by atoms with Gasteiger partial charge in [0.2, 0.25) is 0 Å². The SMILES string of the molecule is COC1=C(c2ccccc2)CCC(c2ccccc2)=C1OC. The largest absolute Gasteiger partial charge is 0.493 e. The number of methoxy groups -OCH3 is 2. The normalized spacial score (nSPS) is 15.0. The Kier molecular flexibility index (Phi) is 4.29. The van der Waals surface area contributed by atoms with Crippen LogP contribution in [0.4, 0.5) is 0 Å². The number of benzene rings is 2. The van der Waals surface area contributed by atoms with E-state index >= 15 is 0 Å². The molecule has 0 spiro atoms. The Morgan fingerprint density at radius 3 is 1.27 bits per heavy atom. The van der Waals surface area contributed by atoms with E-state index in [9.17, 15) is 0 Å². The standard InChI is InChI=1S/C20H20O2/c1-21-19-17(15-9-5-3-6-10-15)13-14-18(20(19)22-2)16-11-7-4-8-12-16/h3-12H,13-14H2,1-2H3. The number of allylic oxidation sites excluding steroid dienone is 2. The molecule has 2 aromatic carbocycles. The highest BCUT2D eigenvalue weighted by Crippen LogP contribution is 2.40. The third-order valence-corrected chi connectivity index (χ3v) is 4.03. The van der Waals surface area contributed by atoms with Crippen molar-refractivity contribution in [3.63, 3.8) is 0 Å². The van der Waals surface area contributed by atoms with Gasteiger partial charge in [0.1, 0.15) is 0 Å². The Hall–Kier alpha value is -2.48. The van der Waals surface area contributed by atoms with Crippen molar-refractivity contribution in [2.75, 3.05) is 14.2 Å². The Bertz CT molecular complexity index is 634. The van der Waals surface area contributed by atoms with Crippen LogP contribution in [0.5, 0.6) is 0 Å². The Labute approximate surface area is 131 Å². The van der Waals surface area contributed by atoms with Crippen molar-refractivity contribution < 1.29 is 9.47 Å². The zero-order valence-electron chi connectivity index (χ0n) is 13.0. The Morgan fingerprint density at radius 1 is 0.591 bits per heavy atom. The molecule has 0 bridgehead atoms. The summed E-state index contributed by atoms with van der Waals surface area (Å²) in [6.45, 7) is 0. The van der Waals surface area contributed by atoms with Crippen LogP contribution >= 0.6 is 0 Å². The second-order valence-corrected chi connectivity index (χ2v) is 5.26. The molecule has 1 aliphatic carbocycles. The van der Waals surface area contributed by atoms with Gasteiger partial charge in [-0.15, -0.1) is 0 Å². The first-order chi connectivity index (χ1) is 10.8. The van der Waals surface area contributed by atoms with E-state index in [4.69, 9.17) is 9.47 Å². The quantitative estimate of drug-likeness (QED) is 0.798. The van der Waals surface area contributed by atoms with E-state index in [0.717, 1.165) is 24.4 Å². The van der Waals surface area contributed by atoms with Crippen molar-refractivity contribution in [3.8, 4) is 0 Å². The van der Waals surface area contributed by atoms with Gasteiger partial charge in [0.05, 0.1) is 14.2 Å². The van der Waals surface area contributed by atoms with Crippen LogP contribution in [0.3, 0.4) is 0 Å². The lowest BCUT2D eigenvalue weighted by Crippen LogP contribution is -2.09. The summed E-state index contributed by atoms with van der Waals surface area (Å²) >= 11 is 0. The van der Waals surface area contributed by atoms with Gasteiger partial charge >= 0.3 is 0 Å². The van der Waals surface area contributed by atoms with Crippen LogP contribution in [-0.2, 0) is 9.47 Å². The predicted molar refractivity (Wildman–Crippen MR) is 90.0 cm³/mol. The highest BCUT2D eigenvalue weighted by Gasteiger charge is 2.25. The second-order valence-electron chi connectivity index (χ2n) is 5.26. The highest BCUT2D eigenvalue weighted by molar-refractivity contribution is 5.82. The van der Waals surface area contributed by atoms with Gasteiger partial charge in [-0.1, -0.05) is 60.7 Å². The number of hydrogen-bond donors (Lipinski definition) is 0. The molecule has 0 radical (unpaired) electrons. The molecule has 0 fully saturated rings. The number of ether oxygens (including phenoxy) is 2. The summed E-state index contributed by atoms with van der Waals surface area (Å²) in [6, 6.07) is 20.8. The van der Waals surface area contributed by atoms with E-state index in [1.54, 1.807) is 14.2 Å². The fraction of sp³-hybridized carbons (Fsp3) is 0.200. The third-order valence-electron chi connectivity index (χ3n) is 4.03. The molecule has 22 heavy (non-hydrogen) atoms. The summed E-state index contributed by atoms with van der Waals surface area (Å²) in [4.78, 5) is 0. The smallest absolute Gasteiger partial charge is 0.164 e. The minimum absolute atomic E-state index is 0.846. The summed E-state index contributed by atoms with van der Waals surface area (Å²) in [6.07, 6.45) is 1.90. The monoisotopic (exact) mass is 292 g/mol. The molecule has 2 aromatic rings. The molecule has 0 atom stereocenters. The van der Waals surface area contributed by atoms with Crippen molar-refractivity contribution in [3.05, 3.63) is 83.3 Å². The highest BCUT2D eigenvalue weighted by atomic mass is 16.5. The van der Waals surface area contributed by atoms with Crippen LogP contribution in [0, 0.1) is 0 Å². The van der Waals surface area contributed by atoms with E-state index in [-0.39, 0.29) is 0 Å². The second kappa shape index (κ2) is 6.52. The summed E-state index contributed by atoms with van der Waals surface area (Å²) in [7, 11) is 3.43. The molecule has 0 N–H and O–H groups in total. The van der Waals surface area contributed by atoms with Crippen LogP contribution in [0.25, 0.3) is 11.1 Å². The number of hydrogen-bond acceptors (Lipinski definition) is 2. The Balaban J connectivity index is 2.14.